The zero-order chi connectivity index (χ0) is 18.9. The number of methoxy groups -OCH3 is 2. The third-order valence-corrected chi connectivity index (χ3v) is 5.77. The molecule has 1 N–H and O–H groups in total. The van der Waals surface area contributed by atoms with E-state index in [0.717, 1.165) is 12.2 Å². The molecule has 2 aromatic carbocycles. The van der Waals surface area contributed by atoms with Crippen LogP contribution >= 0.6 is 0 Å². The maximum atomic E-state index is 12.9. The standard InChI is InChI=1S/C18H22N2O5S/c1-12-7-16-17(25-6-5-20(16)2)11-18(12)26(21,22)19-13-8-14(23-3)10-15(9-13)24-4/h7-11,19H,5-6H2,1-4H3. The van der Waals surface area contributed by atoms with E-state index in [9.17, 15) is 8.42 Å². The van der Waals surface area contributed by atoms with Crippen molar-refractivity contribution in [3.63, 3.8) is 0 Å². The van der Waals surface area contributed by atoms with Crippen molar-refractivity contribution >= 4 is 21.4 Å². The number of benzene rings is 2. The number of hydrogen-bond donors (Lipinski definition) is 1. The number of likely N-dealkylation sites (N-methyl/N-ethyl adjacent to an activating group) is 1. The van der Waals surface area contributed by atoms with Gasteiger partial charge in [-0.1, -0.05) is 0 Å². The van der Waals surface area contributed by atoms with Gasteiger partial charge in [-0.05, 0) is 18.6 Å². The van der Waals surface area contributed by atoms with Crippen LogP contribution in [0.15, 0.2) is 35.2 Å². The molecular formula is C18H22N2O5S. The van der Waals surface area contributed by atoms with Crippen LogP contribution in [-0.2, 0) is 10.0 Å². The topological polar surface area (TPSA) is 77.1 Å². The Hall–Kier alpha value is -2.61. The van der Waals surface area contributed by atoms with Gasteiger partial charge in [0.2, 0.25) is 0 Å². The molecule has 0 amide bonds. The van der Waals surface area contributed by atoms with E-state index in [-0.39, 0.29) is 4.90 Å². The van der Waals surface area contributed by atoms with Crippen LogP contribution in [0.4, 0.5) is 11.4 Å². The zero-order valence-electron chi connectivity index (χ0n) is 15.2. The molecule has 0 fully saturated rings. The number of nitrogens with one attached hydrogen (secondary N) is 1. The Balaban J connectivity index is 1.99. The molecule has 0 spiro atoms. The summed E-state index contributed by atoms with van der Waals surface area (Å²) in [6.07, 6.45) is 0. The molecule has 1 heterocycles. The Morgan fingerprint density at radius 1 is 1.08 bits per heavy atom. The van der Waals surface area contributed by atoms with Crippen LogP contribution in [-0.4, -0.2) is 42.8 Å². The number of aryl methyl sites for hydroxylation is 1. The van der Waals surface area contributed by atoms with Gasteiger partial charge in [0.15, 0.2) is 0 Å². The van der Waals surface area contributed by atoms with E-state index in [1.807, 2.05) is 18.0 Å². The van der Waals surface area contributed by atoms with Gasteiger partial charge in [-0.2, -0.15) is 0 Å². The second-order valence-corrected chi connectivity index (χ2v) is 7.71. The highest BCUT2D eigenvalue weighted by molar-refractivity contribution is 7.92. The average Bonchev–Trinajstić information content (AvgIpc) is 2.61. The first-order valence-electron chi connectivity index (χ1n) is 8.08. The molecule has 140 valence electrons. The van der Waals surface area contributed by atoms with Gasteiger partial charge >= 0.3 is 0 Å². The van der Waals surface area contributed by atoms with Crippen LogP contribution in [0.5, 0.6) is 17.2 Å². The molecule has 0 saturated heterocycles. The lowest BCUT2D eigenvalue weighted by Crippen LogP contribution is -2.29. The predicted octanol–water partition coefficient (Wildman–Crippen LogP) is 2.64. The van der Waals surface area contributed by atoms with Gasteiger partial charge in [0.05, 0.1) is 37.0 Å². The lowest BCUT2D eigenvalue weighted by atomic mass is 10.2. The van der Waals surface area contributed by atoms with Crippen LogP contribution < -0.4 is 23.8 Å². The van der Waals surface area contributed by atoms with Crippen molar-refractivity contribution in [1.29, 1.82) is 0 Å². The first kappa shape index (κ1) is 18.2. The van der Waals surface area contributed by atoms with Gasteiger partial charge in [0.25, 0.3) is 10.0 Å². The lowest BCUT2D eigenvalue weighted by molar-refractivity contribution is 0.310. The summed E-state index contributed by atoms with van der Waals surface area (Å²) < 4.78 is 44.4. The number of rotatable bonds is 5. The zero-order valence-corrected chi connectivity index (χ0v) is 16.0. The summed E-state index contributed by atoms with van der Waals surface area (Å²) >= 11 is 0. The first-order valence-corrected chi connectivity index (χ1v) is 9.57. The van der Waals surface area contributed by atoms with Gasteiger partial charge in [0, 0.05) is 31.3 Å². The molecule has 0 aliphatic carbocycles. The molecule has 0 radical (unpaired) electrons. The largest absolute Gasteiger partial charge is 0.497 e. The number of hydrogen-bond acceptors (Lipinski definition) is 6. The highest BCUT2D eigenvalue weighted by Gasteiger charge is 2.23. The lowest BCUT2D eigenvalue weighted by Gasteiger charge is -2.28. The van der Waals surface area contributed by atoms with Crippen molar-refractivity contribution in [3.05, 3.63) is 35.9 Å². The molecule has 0 saturated carbocycles. The van der Waals surface area contributed by atoms with Gasteiger partial charge < -0.3 is 19.1 Å². The van der Waals surface area contributed by atoms with E-state index in [2.05, 4.69) is 4.72 Å². The second-order valence-electron chi connectivity index (χ2n) is 6.06. The smallest absolute Gasteiger partial charge is 0.262 e. The number of nitrogens with zero attached hydrogens (tertiary/aromatic N) is 1. The number of sulfonamides is 1. The van der Waals surface area contributed by atoms with E-state index >= 15 is 0 Å². The number of ether oxygens (including phenoxy) is 3. The summed E-state index contributed by atoms with van der Waals surface area (Å²) in [5.41, 5.74) is 1.88. The van der Waals surface area contributed by atoms with Crippen LogP contribution in [0.2, 0.25) is 0 Å². The first-order chi connectivity index (χ1) is 12.3. The van der Waals surface area contributed by atoms with Crippen molar-refractivity contribution in [3.8, 4) is 17.2 Å². The minimum absolute atomic E-state index is 0.174. The highest BCUT2D eigenvalue weighted by Crippen LogP contribution is 2.36. The van der Waals surface area contributed by atoms with Crippen LogP contribution in [0, 0.1) is 6.92 Å². The fraction of sp³-hybridized carbons (Fsp3) is 0.333. The summed E-state index contributed by atoms with van der Waals surface area (Å²) in [4.78, 5) is 2.22. The Bertz CT molecular complexity index is 905. The molecule has 0 atom stereocenters. The summed E-state index contributed by atoms with van der Waals surface area (Å²) in [5.74, 6) is 1.55. The Morgan fingerprint density at radius 2 is 1.73 bits per heavy atom. The molecule has 1 aliphatic rings. The summed E-state index contributed by atoms with van der Waals surface area (Å²) in [6, 6.07) is 8.26. The van der Waals surface area contributed by atoms with Crippen molar-refractivity contribution in [2.75, 3.05) is 44.0 Å². The fourth-order valence-corrected chi connectivity index (χ4v) is 4.13. The molecule has 0 unspecified atom stereocenters. The quantitative estimate of drug-likeness (QED) is 0.862. The molecule has 2 aromatic rings. The van der Waals surface area contributed by atoms with Gasteiger partial charge in [0.1, 0.15) is 23.9 Å². The third-order valence-electron chi connectivity index (χ3n) is 4.25. The van der Waals surface area contributed by atoms with Crippen molar-refractivity contribution in [1.82, 2.24) is 0 Å². The Labute approximate surface area is 153 Å². The molecule has 0 bridgehead atoms. The minimum Gasteiger partial charge on any atom is -0.497 e. The van der Waals surface area contributed by atoms with Gasteiger partial charge in [-0.15, -0.1) is 0 Å². The molecule has 26 heavy (non-hydrogen) atoms. The van der Waals surface area contributed by atoms with Crippen molar-refractivity contribution < 1.29 is 22.6 Å². The van der Waals surface area contributed by atoms with E-state index in [4.69, 9.17) is 14.2 Å². The van der Waals surface area contributed by atoms with E-state index < -0.39 is 10.0 Å². The Morgan fingerprint density at radius 3 is 2.35 bits per heavy atom. The summed E-state index contributed by atoms with van der Waals surface area (Å²) in [7, 11) is 1.17. The third kappa shape index (κ3) is 3.50. The highest BCUT2D eigenvalue weighted by atomic mass is 32.2. The summed E-state index contributed by atoms with van der Waals surface area (Å²) in [5, 5.41) is 0. The van der Waals surface area contributed by atoms with Crippen molar-refractivity contribution in [2.45, 2.75) is 11.8 Å². The Kier molecular flexibility index (Phi) is 4.86. The van der Waals surface area contributed by atoms with E-state index in [1.54, 1.807) is 31.2 Å². The van der Waals surface area contributed by atoms with E-state index in [1.165, 1.54) is 14.2 Å². The second kappa shape index (κ2) is 6.95. The van der Waals surface area contributed by atoms with Crippen molar-refractivity contribution in [2.24, 2.45) is 0 Å². The molecule has 8 heteroatoms. The summed E-state index contributed by atoms with van der Waals surface area (Å²) in [6.45, 7) is 3.05. The van der Waals surface area contributed by atoms with Crippen LogP contribution in [0.25, 0.3) is 0 Å². The SMILES string of the molecule is COc1cc(NS(=O)(=O)c2cc3c(cc2C)N(C)CCO3)cc(OC)c1. The van der Waals surface area contributed by atoms with Gasteiger partial charge in [-0.25, -0.2) is 8.42 Å². The van der Waals surface area contributed by atoms with Crippen LogP contribution in [0.3, 0.4) is 0 Å². The fourth-order valence-electron chi connectivity index (χ4n) is 2.85. The van der Waals surface area contributed by atoms with E-state index in [0.29, 0.717) is 35.1 Å². The minimum atomic E-state index is -3.80. The predicted molar refractivity (Wildman–Crippen MR) is 100 cm³/mol. The molecule has 0 aromatic heterocycles. The van der Waals surface area contributed by atoms with Crippen LogP contribution in [0.1, 0.15) is 5.56 Å². The molecule has 7 nitrogen and oxygen atoms in total. The average molecular weight is 378 g/mol. The maximum Gasteiger partial charge on any atom is 0.262 e. The van der Waals surface area contributed by atoms with Gasteiger partial charge in [-0.3, -0.25) is 4.72 Å². The number of anilines is 2. The normalized spacial score (nSPS) is 13.6. The molecular weight excluding hydrogens is 356 g/mol. The molecule has 3 rings (SSSR count). The molecule has 1 aliphatic heterocycles. The number of fused-ring (bicyclic) bond motifs is 1. The maximum absolute atomic E-state index is 12.9. The monoisotopic (exact) mass is 378 g/mol.